The average Bonchev–Trinajstić information content (AvgIpc) is 3.84. The molecule has 7 aromatic carbocycles. The fourth-order valence-electron chi connectivity index (χ4n) is 8.33. The van der Waals surface area contributed by atoms with Crippen LogP contribution in [0.3, 0.4) is 0 Å². The minimum atomic E-state index is 0.897. The molecule has 4 aromatic heterocycles. The largest absolute Gasteiger partial charge is 0.309 e. The number of para-hydroxylation sites is 5. The van der Waals surface area contributed by atoms with Gasteiger partial charge in [0.2, 0.25) is 0 Å². The first-order valence-corrected chi connectivity index (χ1v) is 17.4. The Labute approximate surface area is 293 Å². The van der Waals surface area contributed by atoms with Crippen molar-refractivity contribution in [2.75, 3.05) is 0 Å². The Kier molecular flexibility index (Phi) is 5.92. The minimum absolute atomic E-state index is 0.897. The van der Waals surface area contributed by atoms with Crippen LogP contribution in [0.2, 0.25) is 0 Å². The van der Waals surface area contributed by atoms with Crippen molar-refractivity contribution in [3.05, 3.63) is 182 Å². The third-order valence-corrected chi connectivity index (χ3v) is 10.5. The van der Waals surface area contributed by atoms with Crippen molar-refractivity contribution in [2.45, 2.75) is 0 Å². The first-order chi connectivity index (χ1) is 25.3. The molecule has 0 atom stereocenters. The summed E-state index contributed by atoms with van der Waals surface area (Å²) in [5.41, 5.74) is 11.6. The van der Waals surface area contributed by atoms with E-state index in [9.17, 15) is 0 Å². The predicted octanol–water partition coefficient (Wildman–Crippen LogP) is 12.0. The van der Waals surface area contributed by atoms with Crippen molar-refractivity contribution in [3.63, 3.8) is 0 Å². The maximum Gasteiger partial charge on any atom is 0.137 e. The molecule has 0 aliphatic rings. The summed E-state index contributed by atoms with van der Waals surface area (Å²) in [5.74, 6) is 0.897. The van der Waals surface area contributed by atoms with E-state index in [0.717, 1.165) is 28.2 Å². The summed E-state index contributed by atoms with van der Waals surface area (Å²) in [6.07, 6.45) is 1.88. The highest BCUT2D eigenvalue weighted by atomic mass is 15.1. The Hall–Kier alpha value is -6.91. The van der Waals surface area contributed by atoms with Gasteiger partial charge < -0.3 is 9.13 Å². The van der Waals surface area contributed by atoms with Crippen molar-refractivity contribution < 1.29 is 0 Å². The highest BCUT2D eigenvalue weighted by molar-refractivity contribution is 6.17. The number of rotatable bonds is 4. The van der Waals surface area contributed by atoms with E-state index in [1.54, 1.807) is 0 Å². The molecule has 0 radical (unpaired) electrons. The van der Waals surface area contributed by atoms with Gasteiger partial charge in [0.05, 0.1) is 38.8 Å². The molecule has 11 aromatic rings. The van der Waals surface area contributed by atoms with Crippen LogP contribution in [0, 0.1) is 0 Å². The number of hydrogen-bond acceptors (Lipinski definition) is 1. The van der Waals surface area contributed by atoms with Gasteiger partial charge in [-0.1, -0.05) is 103 Å². The number of hydrogen-bond donors (Lipinski definition) is 0. The second-order valence-corrected chi connectivity index (χ2v) is 13.2. The maximum absolute atomic E-state index is 4.89. The monoisotopic (exact) mass is 650 g/mol. The van der Waals surface area contributed by atoms with Gasteiger partial charge in [0.25, 0.3) is 0 Å². The molecule has 0 N–H and O–H groups in total. The molecule has 238 valence electrons. The van der Waals surface area contributed by atoms with Gasteiger partial charge in [0, 0.05) is 44.2 Å². The number of aromatic nitrogens is 4. The van der Waals surface area contributed by atoms with E-state index in [1.807, 2.05) is 12.3 Å². The average molecular weight is 651 g/mol. The first-order valence-electron chi connectivity index (χ1n) is 17.4. The molecule has 0 saturated carbocycles. The lowest BCUT2D eigenvalue weighted by Gasteiger charge is -2.16. The lowest BCUT2D eigenvalue weighted by atomic mass is 9.99. The SMILES string of the molecule is c1ccc(-n2c3ccccc3c3cc(-c4cc(-n5c6ccccc6c6ccccc65)c5c(c4)c4ccccc4n5-c4ccccn4)ccc32)cc1. The summed E-state index contributed by atoms with van der Waals surface area (Å²) in [7, 11) is 0. The van der Waals surface area contributed by atoms with Crippen LogP contribution < -0.4 is 0 Å². The second kappa shape index (κ2) is 10.8. The van der Waals surface area contributed by atoms with Crippen LogP contribution in [0.4, 0.5) is 0 Å². The van der Waals surface area contributed by atoms with E-state index < -0.39 is 0 Å². The Balaban J connectivity index is 1.28. The van der Waals surface area contributed by atoms with Crippen molar-refractivity contribution >= 4 is 65.4 Å². The van der Waals surface area contributed by atoms with E-state index in [-0.39, 0.29) is 0 Å². The highest BCUT2D eigenvalue weighted by Gasteiger charge is 2.22. The molecule has 0 unspecified atom stereocenters. The fraction of sp³-hybridized carbons (Fsp3) is 0. The van der Waals surface area contributed by atoms with Crippen LogP contribution in [0.1, 0.15) is 0 Å². The van der Waals surface area contributed by atoms with Gasteiger partial charge in [0.15, 0.2) is 0 Å². The predicted molar refractivity (Wildman–Crippen MR) is 213 cm³/mol. The summed E-state index contributed by atoms with van der Waals surface area (Å²) >= 11 is 0. The van der Waals surface area contributed by atoms with Crippen LogP contribution in [0.15, 0.2) is 182 Å². The lowest BCUT2D eigenvalue weighted by Crippen LogP contribution is -2.02. The molecular weight excluding hydrogens is 621 g/mol. The van der Waals surface area contributed by atoms with Crippen LogP contribution in [-0.4, -0.2) is 18.7 Å². The van der Waals surface area contributed by atoms with Gasteiger partial charge >= 0.3 is 0 Å². The number of benzene rings is 7. The minimum Gasteiger partial charge on any atom is -0.309 e. The molecule has 51 heavy (non-hydrogen) atoms. The van der Waals surface area contributed by atoms with Gasteiger partial charge in [-0.05, 0) is 83.9 Å². The van der Waals surface area contributed by atoms with E-state index in [0.29, 0.717) is 0 Å². The molecule has 0 saturated heterocycles. The molecule has 0 bridgehead atoms. The Morgan fingerprint density at radius 3 is 1.49 bits per heavy atom. The molecule has 0 aliphatic heterocycles. The highest BCUT2D eigenvalue weighted by Crippen LogP contribution is 2.43. The van der Waals surface area contributed by atoms with Crippen molar-refractivity contribution in [1.82, 2.24) is 18.7 Å². The fourth-order valence-corrected chi connectivity index (χ4v) is 8.33. The van der Waals surface area contributed by atoms with Crippen LogP contribution >= 0.6 is 0 Å². The van der Waals surface area contributed by atoms with Gasteiger partial charge in [-0.3, -0.25) is 4.57 Å². The summed E-state index contributed by atoms with van der Waals surface area (Å²) in [4.78, 5) is 4.89. The van der Waals surface area contributed by atoms with E-state index >= 15 is 0 Å². The molecule has 0 fully saturated rings. The molecule has 4 heteroatoms. The number of pyridine rings is 1. The molecule has 0 aliphatic carbocycles. The maximum atomic E-state index is 4.89. The van der Waals surface area contributed by atoms with Gasteiger partial charge in [-0.15, -0.1) is 0 Å². The standard InChI is InChI=1S/C47H30N4/c1-2-14-33(15-3-1)49-40-20-8-6-18-36(40)38-28-31(25-26-44(38)49)32-29-39-37-19-7-11-23-43(37)51(46-24-12-13-27-48-46)47(39)45(30-32)50-41-21-9-4-16-34(41)35-17-5-10-22-42(35)50/h1-30H. The van der Waals surface area contributed by atoms with E-state index in [4.69, 9.17) is 4.98 Å². The summed E-state index contributed by atoms with van der Waals surface area (Å²) in [6.45, 7) is 0. The quantitative estimate of drug-likeness (QED) is 0.186. The molecule has 4 nitrogen and oxygen atoms in total. The van der Waals surface area contributed by atoms with Crippen LogP contribution in [0.5, 0.6) is 0 Å². The zero-order valence-corrected chi connectivity index (χ0v) is 27.6. The Morgan fingerprint density at radius 1 is 0.333 bits per heavy atom. The van der Waals surface area contributed by atoms with Gasteiger partial charge in [-0.2, -0.15) is 0 Å². The van der Waals surface area contributed by atoms with E-state index in [1.165, 1.54) is 65.5 Å². The molecule has 11 rings (SSSR count). The van der Waals surface area contributed by atoms with E-state index in [2.05, 4.69) is 184 Å². The third kappa shape index (κ3) is 4.05. The lowest BCUT2D eigenvalue weighted by molar-refractivity contribution is 1.06. The summed E-state index contributed by atoms with van der Waals surface area (Å²) in [5, 5.41) is 7.35. The van der Waals surface area contributed by atoms with Crippen LogP contribution in [0.25, 0.3) is 93.7 Å². The Morgan fingerprint density at radius 2 is 0.843 bits per heavy atom. The topological polar surface area (TPSA) is 27.7 Å². The number of nitrogens with zero attached hydrogens (tertiary/aromatic N) is 4. The zero-order valence-electron chi connectivity index (χ0n) is 27.6. The smallest absolute Gasteiger partial charge is 0.137 e. The molecule has 4 heterocycles. The summed E-state index contributed by atoms with van der Waals surface area (Å²) < 4.78 is 7.17. The normalized spacial score (nSPS) is 11.9. The van der Waals surface area contributed by atoms with Crippen molar-refractivity contribution in [1.29, 1.82) is 0 Å². The van der Waals surface area contributed by atoms with Gasteiger partial charge in [-0.25, -0.2) is 4.98 Å². The molecule has 0 spiro atoms. The third-order valence-electron chi connectivity index (χ3n) is 10.5. The first kappa shape index (κ1) is 28.0. The van der Waals surface area contributed by atoms with Crippen LogP contribution in [-0.2, 0) is 0 Å². The van der Waals surface area contributed by atoms with Crippen molar-refractivity contribution in [2.24, 2.45) is 0 Å². The zero-order chi connectivity index (χ0) is 33.5. The molecular formula is C47H30N4. The van der Waals surface area contributed by atoms with Gasteiger partial charge in [0.1, 0.15) is 5.82 Å². The second-order valence-electron chi connectivity index (χ2n) is 13.2. The van der Waals surface area contributed by atoms with Crippen molar-refractivity contribution in [3.8, 4) is 28.3 Å². The Bertz CT molecular complexity index is 3070. The number of fused-ring (bicyclic) bond motifs is 9. The summed E-state index contributed by atoms with van der Waals surface area (Å²) in [6, 6.07) is 63.5. The molecule has 0 amide bonds.